The average Bonchev–Trinajstić information content (AvgIpc) is 3.41. The quantitative estimate of drug-likeness (QED) is 0.438. The van der Waals surface area contributed by atoms with Crippen molar-refractivity contribution in [1.82, 2.24) is 10.2 Å². The number of ether oxygens (including phenoxy) is 1. The van der Waals surface area contributed by atoms with Gasteiger partial charge in [-0.05, 0) is 57.8 Å². The molecule has 4 N–H and O–H groups in total. The summed E-state index contributed by atoms with van der Waals surface area (Å²) in [6.45, 7) is 3.62. The monoisotopic (exact) mass is 492 g/mol. The molecule has 4 rings (SSSR count). The molecule has 9 heteroatoms. The van der Waals surface area contributed by atoms with E-state index in [1.54, 1.807) is 46.6 Å². The second kappa shape index (κ2) is 11.2. The Bertz CT molecular complexity index is 1190. The average molecular weight is 493 g/mol. The number of amides is 3. The van der Waals surface area contributed by atoms with E-state index in [4.69, 9.17) is 10.5 Å². The Morgan fingerprint density at radius 2 is 1.80 bits per heavy atom. The molecule has 1 aliphatic rings. The number of nitrogens with two attached hydrogens (primary N) is 1. The van der Waals surface area contributed by atoms with E-state index in [0.29, 0.717) is 43.2 Å². The summed E-state index contributed by atoms with van der Waals surface area (Å²) in [5, 5.41) is 9.66. The van der Waals surface area contributed by atoms with Gasteiger partial charge >= 0.3 is 0 Å². The van der Waals surface area contributed by atoms with E-state index in [9.17, 15) is 14.4 Å². The first kappa shape index (κ1) is 24.4. The maximum absolute atomic E-state index is 13.2. The van der Waals surface area contributed by atoms with Crippen LogP contribution in [0, 0.1) is 0 Å². The minimum absolute atomic E-state index is 0.0720. The summed E-state index contributed by atoms with van der Waals surface area (Å²) in [7, 11) is 0. The minimum Gasteiger partial charge on any atom is -0.397 e. The highest BCUT2D eigenvalue weighted by Gasteiger charge is 2.27. The summed E-state index contributed by atoms with van der Waals surface area (Å²) in [6, 6.07) is 14.4. The topological polar surface area (TPSA) is 114 Å². The lowest BCUT2D eigenvalue weighted by Gasteiger charge is -2.30. The normalized spacial score (nSPS) is 14.3. The molecule has 8 nitrogen and oxygen atoms in total. The fraction of sp³-hybridized carbons (Fsp3) is 0.269. The highest BCUT2D eigenvalue weighted by Crippen LogP contribution is 2.29. The summed E-state index contributed by atoms with van der Waals surface area (Å²) < 4.78 is 5.34. The zero-order valence-electron chi connectivity index (χ0n) is 19.5. The molecule has 3 aromatic rings. The number of hydrogen-bond donors (Lipinski definition) is 3. The molecule has 2 heterocycles. The van der Waals surface area contributed by atoms with Crippen molar-refractivity contribution in [3.05, 3.63) is 70.4 Å². The first-order valence-corrected chi connectivity index (χ1v) is 12.3. The van der Waals surface area contributed by atoms with Gasteiger partial charge in [0.2, 0.25) is 11.8 Å². The lowest BCUT2D eigenvalue weighted by atomic mass is 9.95. The van der Waals surface area contributed by atoms with Crippen LogP contribution in [0.5, 0.6) is 0 Å². The van der Waals surface area contributed by atoms with Gasteiger partial charge < -0.3 is 26.0 Å². The Balaban J connectivity index is 1.50. The molecule has 1 unspecified atom stereocenters. The van der Waals surface area contributed by atoms with Gasteiger partial charge in [0.25, 0.3) is 5.91 Å². The third-order valence-corrected chi connectivity index (χ3v) is 6.59. The maximum atomic E-state index is 13.2. The summed E-state index contributed by atoms with van der Waals surface area (Å²) in [6.07, 6.45) is 0. The van der Waals surface area contributed by atoms with E-state index in [-0.39, 0.29) is 24.3 Å². The number of nitrogens with zero attached hydrogens (tertiary/aromatic N) is 1. The highest BCUT2D eigenvalue weighted by molar-refractivity contribution is 7.08. The standard InChI is InChI=1S/C26H28N4O4S/c1-17(31)28-15-22(26(33)30-9-11-34-12-10-30)18-2-4-19(5-3-18)25(32)29-24-14-20(6-7-23(24)27)21-8-13-35-16-21/h2-8,13-14,16,22H,9-12,15,27H2,1H3,(H,28,31)(H,29,32). The zero-order chi connectivity index (χ0) is 24.8. The molecule has 3 amide bonds. The number of benzene rings is 2. The molecule has 1 fully saturated rings. The van der Waals surface area contributed by atoms with Crippen LogP contribution in [-0.2, 0) is 14.3 Å². The predicted octanol–water partition coefficient (Wildman–Crippen LogP) is 3.33. The summed E-state index contributed by atoms with van der Waals surface area (Å²) in [5.74, 6) is -1.13. The minimum atomic E-state index is -0.549. The van der Waals surface area contributed by atoms with Crippen molar-refractivity contribution in [1.29, 1.82) is 0 Å². The van der Waals surface area contributed by atoms with Crippen LogP contribution in [0.15, 0.2) is 59.3 Å². The van der Waals surface area contributed by atoms with Crippen LogP contribution in [0.1, 0.15) is 28.8 Å². The SMILES string of the molecule is CC(=O)NCC(C(=O)N1CCOCC1)c1ccc(C(=O)Nc2cc(-c3ccsc3)ccc2N)cc1. The van der Waals surface area contributed by atoms with Crippen molar-refractivity contribution in [2.24, 2.45) is 0 Å². The van der Waals surface area contributed by atoms with Gasteiger partial charge in [-0.1, -0.05) is 18.2 Å². The summed E-state index contributed by atoms with van der Waals surface area (Å²) in [5.41, 5.74) is 10.3. The fourth-order valence-corrected chi connectivity index (χ4v) is 4.60. The second-order valence-electron chi connectivity index (χ2n) is 8.32. The van der Waals surface area contributed by atoms with Crippen molar-refractivity contribution in [2.45, 2.75) is 12.8 Å². The number of carbonyl (C=O) groups excluding carboxylic acids is 3. The van der Waals surface area contributed by atoms with E-state index in [2.05, 4.69) is 10.6 Å². The molecule has 1 saturated heterocycles. The first-order chi connectivity index (χ1) is 16.9. The number of hydrogen-bond acceptors (Lipinski definition) is 6. The van der Waals surface area contributed by atoms with E-state index in [1.807, 2.05) is 29.0 Å². The van der Waals surface area contributed by atoms with Gasteiger partial charge in [-0.15, -0.1) is 0 Å². The van der Waals surface area contributed by atoms with Gasteiger partial charge in [-0.2, -0.15) is 11.3 Å². The summed E-state index contributed by atoms with van der Waals surface area (Å²) >= 11 is 1.60. The lowest BCUT2D eigenvalue weighted by Crippen LogP contribution is -2.45. The predicted molar refractivity (Wildman–Crippen MR) is 137 cm³/mol. The van der Waals surface area contributed by atoms with E-state index in [1.165, 1.54) is 6.92 Å². The number of morpholine rings is 1. The van der Waals surface area contributed by atoms with Crippen LogP contribution in [0.4, 0.5) is 11.4 Å². The molecule has 1 aromatic heterocycles. The first-order valence-electron chi connectivity index (χ1n) is 11.4. The third-order valence-electron chi connectivity index (χ3n) is 5.91. The van der Waals surface area contributed by atoms with Crippen molar-refractivity contribution in [3.8, 4) is 11.1 Å². The number of carbonyl (C=O) groups is 3. The van der Waals surface area contributed by atoms with Crippen LogP contribution in [0.3, 0.4) is 0 Å². The second-order valence-corrected chi connectivity index (χ2v) is 9.10. The number of rotatable bonds is 7. The molecular weight excluding hydrogens is 464 g/mol. The Morgan fingerprint density at radius 1 is 1.06 bits per heavy atom. The molecule has 0 spiro atoms. The van der Waals surface area contributed by atoms with Crippen LogP contribution in [-0.4, -0.2) is 55.5 Å². The Kier molecular flexibility index (Phi) is 7.79. The number of nitrogen functional groups attached to an aromatic ring is 1. The molecule has 35 heavy (non-hydrogen) atoms. The van der Waals surface area contributed by atoms with E-state index >= 15 is 0 Å². The Labute approximate surface area is 208 Å². The smallest absolute Gasteiger partial charge is 0.255 e. The van der Waals surface area contributed by atoms with E-state index < -0.39 is 5.92 Å². The van der Waals surface area contributed by atoms with E-state index in [0.717, 1.165) is 16.7 Å². The molecule has 0 radical (unpaired) electrons. The Hall–Kier alpha value is -3.69. The van der Waals surface area contributed by atoms with Gasteiger partial charge in [0.05, 0.1) is 30.5 Å². The van der Waals surface area contributed by atoms with Crippen LogP contribution in [0.2, 0.25) is 0 Å². The lowest BCUT2D eigenvalue weighted by molar-refractivity contribution is -0.136. The van der Waals surface area contributed by atoms with Crippen LogP contribution >= 0.6 is 11.3 Å². The molecule has 1 aliphatic heterocycles. The number of nitrogens with one attached hydrogen (secondary N) is 2. The van der Waals surface area contributed by atoms with Gasteiger partial charge in [0.15, 0.2) is 0 Å². The molecular formula is C26H28N4O4S. The fourth-order valence-electron chi connectivity index (χ4n) is 3.93. The highest BCUT2D eigenvalue weighted by atomic mass is 32.1. The van der Waals surface area contributed by atoms with Gasteiger partial charge in [-0.3, -0.25) is 14.4 Å². The molecule has 182 valence electrons. The Morgan fingerprint density at radius 3 is 2.46 bits per heavy atom. The van der Waals surface area contributed by atoms with Crippen molar-refractivity contribution in [2.75, 3.05) is 43.9 Å². The van der Waals surface area contributed by atoms with Crippen molar-refractivity contribution in [3.63, 3.8) is 0 Å². The summed E-state index contributed by atoms with van der Waals surface area (Å²) in [4.78, 5) is 39.3. The van der Waals surface area contributed by atoms with Gasteiger partial charge in [0, 0.05) is 32.1 Å². The molecule has 1 atom stereocenters. The molecule has 0 bridgehead atoms. The molecule has 2 aromatic carbocycles. The molecule has 0 aliphatic carbocycles. The van der Waals surface area contributed by atoms with Crippen molar-refractivity contribution < 1.29 is 19.1 Å². The third kappa shape index (κ3) is 6.06. The zero-order valence-corrected chi connectivity index (χ0v) is 20.3. The number of anilines is 2. The van der Waals surface area contributed by atoms with Crippen molar-refractivity contribution >= 4 is 40.4 Å². The van der Waals surface area contributed by atoms with Gasteiger partial charge in [0.1, 0.15) is 0 Å². The van der Waals surface area contributed by atoms with Crippen LogP contribution in [0.25, 0.3) is 11.1 Å². The number of thiophene rings is 1. The largest absolute Gasteiger partial charge is 0.397 e. The van der Waals surface area contributed by atoms with Crippen LogP contribution < -0.4 is 16.4 Å². The van der Waals surface area contributed by atoms with Gasteiger partial charge in [-0.25, -0.2) is 0 Å². The maximum Gasteiger partial charge on any atom is 0.255 e. The molecule has 0 saturated carbocycles.